The van der Waals surface area contributed by atoms with E-state index in [2.05, 4.69) is 15.1 Å². The minimum atomic E-state index is -3.18. The van der Waals surface area contributed by atoms with Gasteiger partial charge in [-0.3, -0.25) is 5.10 Å². The molecule has 2 heterocycles. The van der Waals surface area contributed by atoms with Crippen LogP contribution in [0.4, 0.5) is 5.69 Å². The Morgan fingerprint density at radius 3 is 2.71 bits per heavy atom. The lowest BCUT2D eigenvalue weighted by atomic mass is 9.87. The number of nitrogens with one attached hydrogen (secondary N) is 1. The summed E-state index contributed by atoms with van der Waals surface area (Å²) in [5, 5.41) is 8.82. The molecule has 2 aliphatic rings. The van der Waals surface area contributed by atoms with Crippen LogP contribution in [-0.2, 0) is 10.0 Å². The topological polar surface area (TPSA) is 69.3 Å². The normalized spacial score (nSPS) is 25.8. The highest BCUT2D eigenvalue weighted by atomic mass is 35.5. The summed E-state index contributed by atoms with van der Waals surface area (Å²) in [6.45, 7) is 1.20. The third-order valence-corrected chi connectivity index (χ3v) is 6.79. The molecule has 1 N–H and O–H groups in total. The number of rotatable bonds is 2. The van der Waals surface area contributed by atoms with Gasteiger partial charge in [-0.05, 0) is 25.0 Å². The minimum Gasteiger partial charge on any atom is -0.365 e. The van der Waals surface area contributed by atoms with E-state index in [1.807, 2.05) is 18.3 Å². The highest BCUT2D eigenvalue weighted by Gasteiger charge is 2.42. The Morgan fingerprint density at radius 1 is 1.21 bits per heavy atom. The first-order valence-electron chi connectivity index (χ1n) is 8.31. The van der Waals surface area contributed by atoms with E-state index in [9.17, 15) is 8.42 Å². The second-order valence-corrected chi connectivity index (χ2v) is 9.11. The molecule has 1 saturated heterocycles. The van der Waals surface area contributed by atoms with Crippen molar-refractivity contribution in [2.45, 2.75) is 37.8 Å². The van der Waals surface area contributed by atoms with Gasteiger partial charge in [0.25, 0.3) is 0 Å². The molecule has 1 aliphatic carbocycles. The van der Waals surface area contributed by atoms with E-state index < -0.39 is 10.0 Å². The molecule has 4 rings (SSSR count). The number of anilines is 1. The van der Waals surface area contributed by atoms with Crippen LogP contribution in [-0.4, -0.2) is 54.3 Å². The van der Waals surface area contributed by atoms with Crippen molar-refractivity contribution in [2.75, 3.05) is 24.2 Å². The van der Waals surface area contributed by atoms with E-state index >= 15 is 0 Å². The maximum absolute atomic E-state index is 12.2. The minimum absolute atomic E-state index is 0.0448. The molecule has 2 atom stereocenters. The molecule has 6 nitrogen and oxygen atoms in total. The quantitative estimate of drug-likeness (QED) is 0.884. The van der Waals surface area contributed by atoms with Gasteiger partial charge in [-0.15, -0.1) is 0 Å². The smallest absolute Gasteiger partial charge is 0.211 e. The molecule has 8 heteroatoms. The second-order valence-electron chi connectivity index (χ2n) is 6.74. The molecule has 0 spiro atoms. The SMILES string of the molecule is CS(=O)(=O)N1CCN(c2cc(Cl)cc3[nH]ncc23)C2CCCCC21. The van der Waals surface area contributed by atoms with Crippen molar-refractivity contribution in [2.24, 2.45) is 0 Å². The van der Waals surface area contributed by atoms with Crippen LogP contribution in [0.1, 0.15) is 25.7 Å². The van der Waals surface area contributed by atoms with Crippen molar-refractivity contribution in [1.82, 2.24) is 14.5 Å². The van der Waals surface area contributed by atoms with E-state index in [4.69, 9.17) is 11.6 Å². The average molecular weight is 369 g/mol. The Morgan fingerprint density at radius 2 is 1.96 bits per heavy atom. The molecular formula is C16H21ClN4O2S. The number of hydrogen-bond acceptors (Lipinski definition) is 4. The molecular weight excluding hydrogens is 348 g/mol. The number of piperazine rings is 1. The van der Waals surface area contributed by atoms with E-state index in [0.717, 1.165) is 42.3 Å². The van der Waals surface area contributed by atoms with Crippen LogP contribution in [0.3, 0.4) is 0 Å². The maximum Gasteiger partial charge on any atom is 0.211 e. The van der Waals surface area contributed by atoms with Gasteiger partial charge in [0, 0.05) is 41.3 Å². The zero-order valence-electron chi connectivity index (χ0n) is 13.6. The number of halogens is 1. The second kappa shape index (κ2) is 5.89. The fraction of sp³-hybridized carbons (Fsp3) is 0.562. The van der Waals surface area contributed by atoms with Crippen molar-refractivity contribution in [1.29, 1.82) is 0 Å². The lowest BCUT2D eigenvalue weighted by molar-refractivity contribution is 0.188. The van der Waals surface area contributed by atoms with Crippen molar-refractivity contribution < 1.29 is 8.42 Å². The summed E-state index contributed by atoms with van der Waals surface area (Å²) in [6.07, 6.45) is 7.28. The third-order valence-electron chi connectivity index (χ3n) is 5.26. The molecule has 24 heavy (non-hydrogen) atoms. The van der Waals surface area contributed by atoms with Gasteiger partial charge in [-0.1, -0.05) is 24.4 Å². The number of hydrogen-bond donors (Lipinski definition) is 1. The Bertz CT molecular complexity index is 866. The zero-order valence-corrected chi connectivity index (χ0v) is 15.1. The van der Waals surface area contributed by atoms with Crippen molar-refractivity contribution in [3.05, 3.63) is 23.4 Å². The summed E-state index contributed by atoms with van der Waals surface area (Å²) in [5.41, 5.74) is 1.96. The fourth-order valence-corrected chi connectivity index (χ4v) is 5.64. The Hall–Kier alpha value is -1.31. The predicted molar refractivity (Wildman–Crippen MR) is 96.0 cm³/mol. The van der Waals surface area contributed by atoms with E-state index in [-0.39, 0.29) is 12.1 Å². The number of H-pyrrole nitrogens is 1. The van der Waals surface area contributed by atoms with Crippen LogP contribution in [0.15, 0.2) is 18.3 Å². The lowest BCUT2D eigenvalue weighted by Gasteiger charge is -2.50. The molecule has 2 unspecified atom stereocenters. The molecule has 1 aliphatic heterocycles. The number of aromatic amines is 1. The summed E-state index contributed by atoms with van der Waals surface area (Å²) in [7, 11) is -3.18. The summed E-state index contributed by atoms with van der Waals surface area (Å²) in [6, 6.07) is 4.09. The van der Waals surface area contributed by atoms with Crippen LogP contribution in [0.25, 0.3) is 10.9 Å². The van der Waals surface area contributed by atoms with Crippen molar-refractivity contribution in [3.63, 3.8) is 0 Å². The summed E-state index contributed by atoms with van der Waals surface area (Å²) in [4.78, 5) is 2.34. The third kappa shape index (κ3) is 2.68. The maximum atomic E-state index is 12.2. The van der Waals surface area contributed by atoms with Crippen LogP contribution >= 0.6 is 11.6 Å². The van der Waals surface area contributed by atoms with Crippen LogP contribution in [0.2, 0.25) is 5.02 Å². The Balaban J connectivity index is 1.77. The molecule has 1 aromatic carbocycles. The molecule has 0 radical (unpaired) electrons. The first-order chi connectivity index (χ1) is 11.4. The van der Waals surface area contributed by atoms with Gasteiger partial charge < -0.3 is 4.90 Å². The lowest BCUT2D eigenvalue weighted by Crippen LogP contribution is -2.62. The molecule has 1 saturated carbocycles. The summed E-state index contributed by atoms with van der Waals surface area (Å²) in [5.74, 6) is 0. The van der Waals surface area contributed by atoms with Gasteiger partial charge >= 0.3 is 0 Å². The highest BCUT2D eigenvalue weighted by molar-refractivity contribution is 7.88. The van der Waals surface area contributed by atoms with E-state index in [0.29, 0.717) is 18.1 Å². The van der Waals surface area contributed by atoms with Gasteiger partial charge in [0.1, 0.15) is 0 Å². The van der Waals surface area contributed by atoms with Crippen LogP contribution in [0, 0.1) is 0 Å². The van der Waals surface area contributed by atoms with Crippen molar-refractivity contribution >= 4 is 38.2 Å². The molecule has 130 valence electrons. The first-order valence-corrected chi connectivity index (χ1v) is 10.5. The highest BCUT2D eigenvalue weighted by Crippen LogP contribution is 2.38. The Labute approximate surface area is 146 Å². The van der Waals surface area contributed by atoms with Crippen molar-refractivity contribution in [3.8, 4) is 0 Å². The first kappa shape index (κ1) is 16.2. The number of aromatic nitrogens is 2. The molecule has 0 bridgehead atoms. The number of fused-ring (bicyclic) bond motifs is 2. The van der Waals surface area contributed by atoms with Gasteiger partial charge in [0.2, 0.25) is 10.0 Å². The van der Waals surface area contributed by atoms with Crippen LogP contribution in [0.5, 0.6) is 0 Å². The standard InChI is InChI=1S/C16H21ClN4O2S/c1-24(22,23)21-7-6-20(14-4-2-3-5-15(14)21)16-9-11(17)8-13-12(16)10-18-19-13/h8-10,14-15H,2-7H2,1H3,(H,18,19). The number of benzene rings is 1. The average Bonchev–Trinajstić information content (AvgIpc) is 3.00. The summed E-state index contributed by atoms with van der Waals surface area (Å²) >= 11 is 6.30. The largest absolute Gasteiger partial charge is 0.365 e. The Kier molecular flexibility index (Phi) is 3.97. The van der Waals surface area contributed by atoms with E-state index in [1.165, 1.54) is 6.26 Å². The van der Waals surface area contributed by atoms with Gasteiger partial charge in [-0.2, -0.15) is 9.40 Å². The van der Waals surface area contributed by atoms with Crippen LogP contribution < -0.4 is 4.90 Å². The molecule has 2 fully saturated rings. The predicted octanol–water partition coefficient (Wildman–Crippen LogP) is 2.61. The molecule has 1 aromatic heterocycles. The zero-order chi connectivity index (χ0) is 16.9. The number of sulfonamides is 1. The van der Waals surface area contributed by atoms with Gasteiger partial charge in [0.15, 0.2) is 0 Å². The monoisotopic (exact) mass is 368 g/mol. The molecule has 2 aromatic rings. The van der Waals surface area contributed by atoms with E-state index in [1.54, 1.807) is 4.31 Å². The van der Waals surface area contributed by atoms with Gasteiger partial charge in [0.05, 0.1) is 18.0 Å². The number of nitrogens with zero attached hydrogens (tertiary/aromatic N) is 3. The van der Waals surface area contributed by atoms with Gasteiger partial charge in [-0.25, -0.2) is 8.42 Å². The fourth-order valence-electron chi connectivity index (χ4n) is 4.28. The summed E-state index contributed by atoms with van der Waals surface area (Å²) < 4.78 is 26.1. The molecule has 0 amide bonds.